The fourth-order valence-electron chi connectivity index (χ4n) is 2.08. The molecule has 2 aromatic carbocycles. The molecule has 0 amide bonds. The highest BCUT2D eigenvalue weighted by atomic mass is 79.9. The van der Waals surface area contributed by atoms with E-state index in [1.807, 2.05) is 41.0 Å². The first-order valence-corrected chi connectivity index (χ1v) is 6.70. The van der Waals surface area contributed by atoms with Crippen LogP contribution in [0.4, 0.5) is 0 Å². The zero-order valence-corrected chi connectivity index (χ0v) is 11.9. The number of rotatable bonds is 2. The van der Waals surface area contributed by atoms with E-state index in [4.69, 9.17) is 10.9 Å². The number of oxime groups is 1. The average molecular weight is 331 g/mol. The van der Waals surface area contributed by atoms with Crippen molar-refractivity contribution in [3.63, 3.8) is 0 Å². The van der Waals surface area contributed by atoms with Gasteiger partial charge < -0.3 is 10.9 Å². The monoisotopic (exact) mass is 330 g/mol. The molecule has 0 radical (unpaired) electrons. The summed E-state index contributed by atoms with van der Waals surface area (Å²) in [6.45, 7) is 0. The molecular weight excluding hydrogens is 320 g/mol. The van der Waals surface area contributed by atoms with Crippen LogP contribution in [0.15, 0.2) is 58.4 Å². The molecule has 0 aliphatic heterocycles. The Morgan fingerprint density at radius 3 is 2.80 bits per heavy atom. The van der Waals surface area contributed by atoms with Gasteiger partial charge >= 0.3 is 0 Å². The van der Waals surface area contributed by atoms with Crippen molar-refractivity contribution in [1.29, 1.82) is 0 Å². The number of nitrogens with two attached hydrogens (primary N) is 1. The van der Waals surface area contributed by atoms with E-state index in [1.54, 1.807) is 12.4 Å². The molecule has 3 rings (SSSR count). The van der Waals surface area contributed by atoms with Crippen molar-refractivity contribution < 1.29 is 5.21 Å². The standard InChI is InChI=1S/C14H11BrN4O/c15-11-7-9(5-6-10(11)14(16)18-20)19-8-17-12-3-1-2-4-13(12)19/h1-8,20H,(H2,16,18). The van der Waals surface area contributed by atoms with E-state index in [1.165, 1.54) is 0 Å². The van der Waals surface area contributed by atoms with E-state index >= 15 is 0 Å². The third-order valence-corrected chi connectivity index (χ3v) is 3.72. The predicted octanol–water partition coefficient (Wildman–Crippen LogP) is 2.88. The summed E-state index contributed by atoms with van der Waals surface area (Å²) in [5.41, 5.74) is 9.15. The van der Waals surface area contributed by atoms with Crippen LogP contribution in [0.5, 0.6) is 0 Å². The molecule has 0 spiro atoms. The lowest BCUT2D eigenvalue weighted by atomic mass is 10.2. The van der Waals surface area contributed by atoms with E-state index in [-0.39, 0.29) is 5.84 Å². The molecule has 0 aliphatic carbocycles. The SMILES string of the molecule is N/C(=N/O)c1ccc(-n2cnc3ccccc32)cc1Br. The number of amidine groups is 1. The normalized spacial score (nSPS) is 11.9. The second kappa shape index (κ2) is 4.97. The second-order valence-corrected chi connectivity index (χ2v) is 5.11. The summed E-state index contributed by atoms with van der Waals surface area (Å²) in [6.07, 6.45) is 1.77. The minimum Gasteiger partial charge on any atom is -0.409 e. The first-order chi connectivity index (χ1) is 9.70. The molecule has 0 saturated heterocycles. The van der Waals surface area contributed by atoms with Crippen LogP contribution in [0.1, 0.15) is 5.56 Å². The molecule has 6 heteroatoms. The van der Waals surface area contributed by atoms with Gasteiger partial charge in [-0.05, 0) is 46.3 Å². The van der Waals surface area contributed by atoms with Gasteiger partial charge in [-0.3, -0.25) is 4.57 Å². The molecule has 0 bridgehead atoms. The van der Waals surface area contributed by atoms with E-state index in [2.05, 4.69) is 26.1 Å². The predicted molar refractivity (Wildman–Crippen MR) is 81.3 cm³/mol. The Kier molecular flexibility index (Phi) is 3.15. The van der Waals surface area contributed by atoms with E-state index in [9.17, 15) is 0 Å². The van der Waals surface area contributed by atoms with Crippen molar-refractivity contribution in [2.75, 3.05) is 0 Å². The van der Waals surface area contributed by atoms with Gasteiger partial charge in [0.1, 0.15) is 6.33 Å². The van der Waals surface area contributed by atoms with Crippen LogP contribution < -0.4 is 5.73 Å². The van der Waals surface area contributed by atoms with Crippen LogP contribution >= 0.6 is 15.9 Å². The van der Waals surface area contributed by atoms with Crippen molar-refractivity contribution in [1.82, 2.24) is 9.55 Å². The van der Waals surface area contributed by atoms with Gasteiger partial charge in [0.05, 0.1) is 11.0 Å². The second-order valence-electron chi connectivity index (χ2n) is 4.25. The Morgan fingerprint density at radius 1 is 1.25 bits per heavy atom. The summed E-state index contributed by atoms with van der Waals surface area (Å²) in [5.74, 6) is 0.0684. The highest BCUT2D eigenvalue weighted by Crippen LogP contribution is 2.23. The summed E-state index contributed by atoms with van der Waals surface area (Å²) in [5, 5.41) is 11.7. The minimum absolute atomic E-state index is 0.0684. The Bertz CT molecular complexity index is 810. The summed E-state index contributed by atoms with van der Waals surface area (Å²) in [7, 11) is 0. The van der Waals surface area contributed by atoms with E-state index < -0.39 is 0 Å². The Morgan fingerprint density at radius 2 is 2.05 bits per heavy atom. The summed E-state index contributed by atoms with van der Waals surface area (Å²) >= 11 is 3.43. The van der Waals surface area contributed by atoms with Crippen LogP contribution in [0.25, 0.3) is 16.7 Å². The van der Waals surface area contributed by atoms with Gasteiger partial charge in [0.25, 0.3) is 0 Å². The van der Waals surface area contributed by atoms with Gasteiger partial charge in [-0.25, -0.2) is 4.98 Å². The highest BCUT2D eigenvalue weighted by Gasteiger charge is 2.09. The van der Waals surface area contributed by atoms with Crippen LogP contribution in [-0.2, 0) is 0 Å². The molecule has 1 aromatic heterocycles. The van der Waals surface area contributed by atoms with E-state index in [0.717, 1.165) is 21.2 Å². The average Bonchev–Trinajstić information content (AvgIpc) is 2.90. The zero-order chi connectivity index (χ0) is 14.1. The third-order valence-electron chi connectivity index (χ3n) is 3.07. The fraction of sp³-hybridized carbons (Fsp3) is 0. The quantitative estimate of drug-likeness (QED) is 0.328. The Balaban J connectivity index is 2.14. The molecule has 3 N–H and O–H groups in total. The van der Waals surface area contributed by atoms with Crippen molar-refractivity contribution in [3.8, 4) is 5.69 Å². The topological polar surface area (TPSA) is 76.4 Å². The lowest BCUT2D eigenvalue weighted by Gasteiger charge is -2.08. The molecule has 1 heterocycles. The molecule has 0 aliphatic rings. The van der Waals surface area contributed by atoms with Gasteiger partial charge in [-0.1, -0.05) is 17.3 Å². The van der Waals surface area contributed by atoms with E-state index in [0.29, 0.717) is 5.56 Å². The molecule has 0 fully saturated rings. The van der Waals surface area contributed by atoms with Crippen molar-refractivity contribution >= 4 is 32.8 Å². The number of imidazole rings is 1. The van der Waals surface area contributed by atoms with Gasteiger partial charge in [0.15, 0.2) is 5.84 Å². The third kappa shape index (κ3) is 2.04. The number of hydrogen-bond donors (Lipinski definition) is 2. The minimum atomic E-state index is 0.0684. The number of halogens is 1. The molecule has 100 valence electrons. The lowest BCUT2D eigenvalue weighted by molar-refractivity contribution is 0.318. The number of aromatic nitrogens is 2. The van der Waals surface area contributed by atoms with Crippen molar-refractivity contribution in [3.05, 3.63) is 58.8 Å². The highest BCUT2D eigenvalue weighted by molar-refractivity contribution is 9.10. The molecule has 3 aromatic rings. The molecule has 0 atom stereocenters. The molecule has 0 saturated carbocycles. The molecule has 0 unspecified atom stereocenters. The zero-order valence-electron chi connectivity index (χ0n) is 10.4. The van der Waals surface area contributed by atoms with Gasteiger partial charge in [-0.2, -0.15) is 0 Å². The fourth-order valence-corrected chi connectivity index (χ4v) is 2.65. The van der Waals surface area contributed by atoms with Gasteiger partial charge in [0.2, 0.25) is 0 Å². The number of para-hydroxylation sites is 2. The first kappa shape index (κ1) is 12.7. The first-order valence-electron chi connectivity index (χ1n) is 5.90. The van der Waals surface area contributed by atoms with Crippen LogP contribution in [0.3, 0.4) is 0 Å². The van der Waals surface area contributed by atoms with Gasteiger partial charge in [0, 0.05) is 15.7 Å². The lowest BCUT2D eigenvalue weighted by Crippen LogP contribution is -2.13. The maximum Gasteiger partial charge on any atom is 0.171 e. The summed E-state index contributed by atoms with van der Waals surface area (Å²) < 4.78 is 2.74. The van der Waals surface area contributed by atoms with Crippen LogP contribution in [0.2, 0.25) is 0 Å². The molecule has 20 heavy (non-hydrogen) atoms. The van der Waals surface area contributed by atoms with Crippen LogP contribution in [-0.4, -0.2) is 20.6 Å². The number of benzene rings is 2. The maximum atomic E-state index is 8.73. The maximum absolute atomic E-state index is 8.73. The molecule has 5 nitrogen and oxygen atoms in total. The largest absolute Gasteiger partial charge is 0.409 e. The Labute approximate surface area is 123 Å². The van der Waals surface area contributed by atoms with Crippen LogP contribution in [0, 0.1) is 0 Å². The molecular formula is C14H11BrN4O. The van der Waals surface area contributed by atoms with Gasteiger partial charge in [-0.15, -0.1) is 0 Å². The number of hydrogen-bond acceptors (Lipinski definition) is 3. The van der Waals surface area contributed by atoms with Crippen molar-refractivity contribution in [2.24, 2.45) is 10.9 Å². The number of fused-ring (bicyclic) bond motifs is 1. The number of nitrogens with zero attached hydrogens (tertiary/aromatic N) is 3. The smallest absolute Gasteiger partial charge is 0.171 e. The van der Waals surface area contributed by atoms with Crippen molar-refractivity contribution in [2.45, 2.75) is 0 Å². The Hall–Kier alpha value is -2.34. The summed E-state index contributed by atoms with van der Waals surface area (Å²) in [4.78, 5) is 4.36. The summed E-state index contributed by atoms with van der Waals surface area (Å²) in [6, 6.07) is 13.5.